The van der Waals surface area contributed by atoms with Gasteiger partial charge in [0.15, 0.2) is 0 Å². The molecule has 130 valence electrons. The Hall–Kier alpha value is -3.34. The Morgan fingerprint density at radius 3 is 2.77 bits per heavy atom. The van der Waals surface area contributed by atoms with Crippen molar-refractivity contribution in [2.75, 3.05) is 17.3 Å². The number of benzene rings is 3. The van der Waals surface area contributed by atoms with Crippen molar-refractivity contribution >= 4 is 34.1 Å². The highest BCUT2D eigenvalue weighted by molar-refractivity contribution is 6.02. The molecule has 0 fully saturated rings. The topological polar surface area (TPSA) is 61.4 Å². The zero-order valence-electron chi connectivity index (χ0n) is 14.5. The molecule has 5 heteroatoms. The van der Waals surface area contributed by atoms with E-state index in [1.54, 1.807) is 11.9 Å². The molecule has 1 aliphatic rings. The molecule has 0 unspecified atom stereocenters. The SMILES string of the molecule is CN1C(=O)Cc2cc(NC(=O)NCc3cccc4ccccc34)ccc21. The third kappa shape index (κ3) is 2.99. The van der Waals surface area contributed by atoms with Crippen molar-refractivity contribution < 1.29 is 9.59 Å². The van der Waals surface area contributed by atoms with E-state index in [1.807, 2.05) is 42.5 Å². The minimum atomic E-state index is -0.268. The molecule has 4 rings (SSSR count). The van der Waals surface area contributed by atoms with Crippen LogP contribution in [0.15, 0.2) is 60.7 Å². The van der Waals surface area contributed by atoms with Gasteiger partial charge in [0.2, 0.25) is 5.91 Å². The number of urea groups is 1. The summed E-state index contributed by atoms with van der Waals surface area (Å²) in [7, 11) is 1.76. The standard InChI is InChI=1S/C21H19N3O2/c1-24-19-10-9-17(11-16(19)12-20(24)25)23-21(26)22-13-15-7-4-6-14-5-2-3-8-18(14)15/h2-11H,12-13H2,1H3,(H2,22,23,26). The summed E-state index contributed by atoms with van der Waals surface area (Å²) in [4.78, 5) is 25.6. The number of nitrogens with zero attached hydrogens (tertiary/aromatic N) is 1. The van der Waals surface area contributed by atoms with Crippen LogP contribution in [0.4, 0.5) is 16.2 Å². The van der Waals surface area contributed by atoms with Gasteiger partial charge in [0.25, 0.3) is 0 Å². The molecule has 26 heavy (non-hydrogen) atoms. The normalized spacial score (nSPS) is 13.0. The number of likely N-dealkylation sites (N-methyl/N-ethyl adjacent to an activating group) is 1. The molecule has 0 saturated heterocycles. The first-order chi connectivity index (χ1) is 12.6. The number of amides is 3. The Morgan fingerprint density at radius 2 is 1.88 bits per heavy atom. The summed E-state index contributed by atoms with van der Waals surface area (Å²) in [5, 5.41) is 8.02. The summed E-state index contributed by atoms with van der Waals surface area (Å²) in [6, 6.07) is 19.4. The molecular weight excluding hydrogens is 326 g/mol. The van der Waals surface area contributed by atoms with E-state index in [4.69, 9.17) is 0 Å². The molecule has 0 bridgehead atoms. The van der Waals surface area contributed by atoms with Crippen LogP contribution in [0.5, 0.6) is 0 Å². The fourth-order valence-electron chi connectivity index (χ4n) is 3.35. The van der Waals surface area contributed by atoms with Crippen molar-refractivity contribution in [2.45, 2.75) is 13.0 Å². The minimum Gasteiger partial charge on any atom is -0.334 e. The van der Waals surface area contributed by atoms with Gasteiger partial charge in [0.1, 0.15) is 0 Å². The van der Waals surface area contributed by atoms with Crippen molar-refractivity contribution in [3.8, 4) is 0 Å². The predicted octanol–water partition coefficient (Wildman–Crippen LogP) is 3.68. The molecule has 0 aromatic heterocycles. The molecule has 1 heterocycles. The number of rotatable bonds is 3. The quantitative estimate of drug-likeness (QED) is 0.761. The van der Waals surface area contributed by atoms with Crippen LogP contribution in [-0.4, -0.2) is 19.0 Å². The van der Waals surface area contributed by atoms with E-state index in [0.29, 0.717) is 18.7 Å². The van der Waals surface area contributed by atoms with Gasteiger partial charge in [-0.25, -0.2) is 4.79 Å². The molecule has 0 atom stereocenters. The van der Waals surface area contributed by atoms with Gasteiger partial charge in [-0.15, -0.1) is 0 Å². The highest BCUT2D eigenvalue weighted by Crippen LogP contribution is 2.29. The molecule has 3 aromatic rings. The molecule has 1 aliphatic heterocycles. The molecule has 0 aliphatic carbocycles. The number of fused-ring (bicyclic) bond motifs is 2. The average molecular weight is 345 g/mol. The zero-order valence-corrected chi connectivity index (χ0v) is 14.5. The maximum Gasteiger partial charge on any atom is 0.319 e. The third-order valence-corrected chi connectivity index (χ3v) is 4.73. The van der Waals surface area contributed by atoms with Gasteiger partial charge in [-0.2, -0.15) is 0 Å². The highest BCUT2D eigenvalue weighted by Gasteiger charge is 2.24. The van der Waals surface area contributed by atoms with Crippen LogP contribution in [-0.2, 0) is 17.8 Å². The fourth-order valence-corrected chi connectivity index (χ4v) is 3.35. The van der Waals surface area contributed by atoms with E-state index in [0.717, 1.165) is 27.6 Å². The van der Waals surface area contributed by atoms with Crippen molar-refractivity contribution in [2.24, 2.45) is 0 Å². The summed E-state index contributed by atoms with van der Waals surface area (Å²) in [6.45, 7) is 0.444. The number of hydrogen-bond donors (Lipinski definition) is 2. The van der Waals surface area contributed by atoms with Crippen molar-refractivity contribution in [1.29, 1.82) is 0 Å². The molecule has 3 aromatic carbocycles. The summed E-state index contributed by atoms with van der Waals surface area (Å²) in [5.41, 5.74) is 3.59. The Morgan fingerprint density at radius 1 is 1.08 bits per heavy atom. The Bertz CT molecular complexity index is 1010. The van der Waals surface area contributed by atoms with Crippen LogP contribution in [0.25, 0.3) is 10.8 Å². The smallest absolute Gasteiger partial charge is 0.319 e. The average Bonchev–Trinajstić information content (AvgIpc) is 2.93. The van der Waals surface area contributed by atoms with E-state index >= 15 is 0 Å². The van der Waals surface area contributed by atoms with Crippen molar-refractivity contribution in [1.82, 2.24) is 5.32 Å². The molecular formula is C21H19N3O2. The number of nitrogens with one attached hydrogen (secondary N) is 2. The Kier molecular flexibility index (Phi) is 4.05. The molecule has 0 saturated carbocycles. The molecule has 0 spiro atoms. The predicted molar refractivity (Wildman–Crippen MR) is 103 cm³/mol. The first-order valence-corrected chi connectivity index (χ1v) is 8.53. The summed E-state index contributed by atoms with van der Waals surface area (Å²) in [6.07, 6.45) is 0.374. The number of carbonyl (C=O) groups is 2. The number of anilines is 2. The number of hydrogen-bond acceptors (Lipinski definition) is 2. The molecule has 5 nitrogen and oxygen atoms in total. The van der Waals surface area contributed by atoms with Crippen molar-refractivity contribution in [3.63, 3.8) is 0 Å². The van der Waals surface area contributed by atoms with Gasteiger partial charge in [0, 0.05) is 25.0 Å². The first-order valence-electron chi connectivity index (χ1n) is 8.53. The van der Waals surface area contributed by atoms with Gasteiger partial charge in [-0.1, -0.05) is 42.5 Å². The lowest BCUT2D eigenvalue weighted by atomic mass is 10.0. The van der Waals surface area contributed by atoms with E-state index in [1.165, 1.54) is 0 Å². The minimum absolute atomic E-state index is 0.0672. The van der Waals surface area contributed by atoms with Crippen LogP contribution in [0.2, 0.25) is 0 Å². The van der Waals surface area contributed by atoms with Gasteiger partial charge in [-0.3, -0.25) is 4.79 Å². The largest absolute Gasteiger partial charge is 0.334 e. The fraction of sp³-hybridized carbons (Fsp3) is 0.143. The highest BCUT2D eigenvalue weighted by atomic mass is 16.2. The molecule has 0 radical (unpaired) electrons. The second-order valence-electron chi connectivity index (χ2n) is 6.42. The second kappa shape index (κ2) is 6.52. The van der Waals surface area contributed by atoms with Crippen molar-refractivity contribution in [3.05, 3.63) is 71.8 Å². The van der Waals surface area contributed by atoms with Gasteiger partial charge in [-0.05, 0) is 40.1 Å². The number of carbonyl (C=O) groups excluding carboxylic acids is 2. The van der Waals surface area contributed by atoms with Crippen LogP contribution in [0, 0.1) is 0 Å². The van der Waals surface area contributed by atoms with Crippen LogP contribution < -0.4 is 15.5 Å². The van der Waals surface area contributed by atoms with Crippen LogP contribution in [0.3, 0.4) is 0 Å². The Labute approximate surface area is 151 Å². The van der Waals surface area contributed by atoms with E-state index in [-0.39, 0.29) is 11.9 Å². The maximum absolute atomic E-state index is 12.3. The second-order valence-corrected chi connectivity index (χ2v) is 6.42. The summed E-state index contributed by atoms with van der Waals surface area (Å²) < 4.78 is 0. The van der Waals surface area contributed by atoms with E-state index in [2.05, 4.69) is 28.8 Å². The van der Waals surface area contributed by atoms with E-state index in [9.17, 15) is 9.59 Å². The molecule has 2 N–H and O–H groups in total. The monoisotopic (exact) mass is 345 g/mol. The van der Waals surface area contributed by atoms with Gasteiger partial charge < -0.3 is 15.5 Å². The van der Waals surface area contributed by atoms with Crippen LogP contribution >= 0.6 is 0 Å². The Balaban J connectivity index is 1.43. The third-order valence-electron chi connectivity index (χ3n) is 4.73. The van der Waals surface area contributed by atoms with Gasteiger partial charge >= 0.3 is 6.03 Å². The first kappa shape index (κ1) is 16.1. The lowest BCUT2D eigenvalue weighted by molar-refractivity contribution is -0.117. The maximum atomic E-state index is 12.3. The summed E-state index contributed by atoms with van der Waals surface area (Å²) in [5.74, 6) is 0.0672. The van der Waals surface area contributed by atoms with E-state index < -0.39 is 0 Å². The van der Waals surface area contributed by atoms with Crippen LogP contribution in [0.1, 0.15) is 11.1 Å². The van der Waals surface area contributed by atoms with Gasteiger partial charge in [0.05, 0.1) is 6.42 Å². The molecule has 3 amide bonds. The lowest BCUT2D eigenvalue weighted by Gasteiger charge is -2.12. The zero-order chi connectivity index (χ0) is 18.1. The summed E-state index contributed by atoms with van der Waals surface area (Å²) >= 11 is 0. The lowest BCUT2D eigenvalue weighted by Crippen LogP contribution is -2.28.